The molecular weight excluding hydrogens is 202 g/mol. The fourth-order valence-corrected chi connectivity index (χ4v) is 3.28. The molecule has 1 saturated heterocycles. The fourth-order valence-electron chi connectivity index (χ4n) is 1.65. The molecule has 1 aliphatic heterocycles. The van der Waals surface area contributed by atoms with Gasteiger partial charge in [-0.15, -0.1) is 0 Å². The zero-order valence-corrected chi connectivity index (χ0v) is 9.59. The van der Waals surface area contributed by atoms with Crippen LogP contribution in [-0.4, -0.2) is 47.7 Å². The molecule has 0 radical (unpaired) electrons. The Morgan fingerprint density at radius 2 is 2.43 bits per heavy atom. The van der Waals surface area contributed by atoms with Gasteiger partial charge in [0.15, 0.2) is 0 Å². The third kappa shape index (κ3) is 3.31. The molecule has 1 aliphatic rings. The first kappa shape index (κ1) is 12.1. The normalized spacial score (nSPS) is 31.6. The zero-order valence-electron chi connectivity index (χ0n) is 8.77. The van der Waals surface area contributed by atoms with Crippen molar-refractivity contribution in [2.24, 2.45) is 5.73 Å². The van der Waals surface area contributed by atoms with E-state index in [0.29, 0.717) is 12.4 Å². The molecule has 0 spiro atoms. The van der Waals surface area contributed by atoms with Crippen LogP contribution >= 0.6 is 0 Å². The van der Waals surface area contributed by atoms with Gasteiger partial charge in [0.25, 0.3) is 0 Å². The van der Waals surface area contributed by atoms with Crippen LogP contribution in [0.1, 0.15) is 13.3 Å². The second-order valence-electron chi connectivity index (χ2n) is 3.67. The van der Waals surface area contributed by atoms with E-state index in [-0.39, 0.29) is 17.4 Å². The highest BCUT2D eigenvalue weighted by molar-refractivity contribution is 7.85. The largest absolute Gasteiger partial charge is 0.383 e. The van der Waals surface area contributed by atoms with Crippen molar-refractivity contribution in [3.63, 3.8) is 0 Å². The fraction of sp³-hybridized carbons (Fsp3) is 1.00. The molecule has 0 aromatic heterocycles. The van der Waals surface area contributed by atoms with Crippen molar-refractivity contribution >= 4 is 10.8 Å². The highest BCUT2D eigenvalue weighted by Gasteiger charge is 2.30. The van der Waals surface area contributed by atoms with Crippen LogP contribution in [0.25, 0.3) is 0 Å². The summed E-state index contributed by atoms with van der Waals surface area (Å²) < 4.78 is 22.1. The number of hydrogen-bond acceptors (Lipinski definition) is 4. The van der Waals surface area contributed by atoms with Crippen molar-refractivity contribution in [2.75, 3.05) is 26.1 Å². The van der Waals surface area contributed by atoms with Crippen LogP contribution in [0.15, 0.2) is 0 Å². The second-order valence-corrected chi connectivity index (χ2v) is 5.37. The van der Waals surface area contributed by atoms with Crippen molar-refractivity contribution in [3.05, 3.63) is 0 Å². The summed E-state index contributed by atoms with van der Waals surface area (Å²) in [4.78, 5) is 0. The molecule has 14 heavy (non-hydrogen) atoms. The topological polar surface area (TPSA) is 61.5 Å². The minimum absolute atomic E-state index is 0.102. The lowest BCUT2D eigenvalue weighted by Gasteiger charge is -2.16. The maximum Gasteiger partial charge on any atom is 0.0691 e. The number of methoxy groups -OCH3 is 1. The Balaban J connectivity index is 2.33. The number of rotatable bonds is 5. The number of ether oxygens (including phenoxy) is 2. The molecule has 84 valence electrons. The van der Waals surface area contributed by atoms with E-state index in [1.54, 1.807) is 7.11 Å². The van der Waals surface area contributed by atoms with Gasteiger partial charge in [0.05, 0.1) is 18.0 Å². The molecule has 0 saturated carbocycles. The lowest BCUT2D eigenvalue weighted by Crippen LogP contribution is -2.36. The third-order valence-corrected chi connectivity index (χ3v) is 4.45. The van der Waals surface area contributed by atoms with E-state index >= 15 is 0 Å². The lowest BCUT2D eigenvalue weighted by molar-refractivity contribution is 0.126. The monoisotopic (exact) mass is 221 g/mol. The van der Waals surface area contributed by atoms with Crippen molar-refractivity contribution in [3.8, 4) is 0 Å². The maximum atomic E-state index is 11.8. The van der Waals surface area contributed by atoms with Gasteiger partial charge in [-0.3, -0.25) is 4.21 Å². The molecule has 5 heteroatoms. The van der Waals surface area contributed by atoms with Crippen LogP contribution in [0.4, 0.5) is 0 Å². The van der Waals surface area contributed by atoms with Gasteiger partial charge in [-0.2, -0.15) is 0 Å². The van der Waals surface area contributed by atoms with E-state index in [0.717, 1.165) is 13.0 Å². The summed E-state index contributed by atoms with van der Waals surface area (Å²) in [5.74, 6) is 0.506. The van der Waals surface area contributed by atoms with Crippen LogP contribution in [0, 0.1) is 0 Å². The van der Waals surface area contributed by atoms with Crippen molar-refractivity contribution < 1.29 is 13.7 Å². The van der Waals surface area contributed by atoms with Crippen LogP contribution in [-0.2, 0) is 20.3 Å². The summed E-state index contributed by atoms with van der Waals surface area (Å²) in [7, 11) is 0.714. The molecule has 0 aromatic carbocycles. The van der Waals surface area contributed by atoms with E-state index in [2.05, 4.69) is 0 Å². The molecule has 0 aromatic rings. The average Bonchev–Trinajstić information content (AvgIpc) is 2.51. The number of nitrogens with two attached hydrogens (primary N) is 1. The van der Waals surface area contributed by atoms with Crippen molar-refractivity contribution in [1.29, 1.82) is 0 Å². The Kier molecular flexibility index (Phi) is 5.01. The molecule has 1 rings (SSSR count). The summed E-state index contributed by atoms with van der Waals surface area (Å²) >= 11 is 0. The molecule has 1 fully saturated rings. The van der Waals surface area contributed by atoms with E-state index in [4.69, 9.17) is 15.2 Å². The van der Waals surface area contributed by atoms with Crippen molar-refractivity contribution in [1.82, 2.24) is 0 Å². The zero-order chi connectivity index (χ0) is 10.6. The van der Waals surface area contributed by atoms with Crippen LogP contribution < -0.4 is 5.73 Å². The lowest BCUT2D eigenvalue weighted by atomic mass is 10.3. The van der Waals surface area contributed by atoms with Crippen LogP contribution in [0.2, 0.25) is 0 Å². The standard InChI is InChI=1S/C9H19NO3S/c1-7-9(3-4-13-7)14(11)6-8(10)5-12-2/h7-9H,3-6,10H2,1-2H3. The van der Waals surface area contributed by atoms with Gasteiger partial charge >= 0.3 is 0 Å². The van der Waals surface area contributed by atoms with Gasteiger partial charge in [-0.05, 0) is 13.3 Å². The highest BCUT2D eigenvalue weighted by atomic mass is 32.2. The van der Waals surface area contributed by atoms with Crippen LogP contribution in [0.5, 0.6) is 0 Å². The third-order valence-electron chi connectivity index (χ3n) is 2.40. The Morgan fingerprint density at radius 3 is 2.93 bits per heavy atom. The predicted molar refractivity (Wildman–Crippen MR) is 56.7 cm³/mol. The minimum atomic E-state index is -0.887. The van der Waals surface area contributed by atoms with Gasteiger partial charge in [-0.1, -0.05) is 0 Å². The molecule has 4 nitrogen and oxygen atoms in total. The maximum absolute atomic E-state index is 11.8. The summed E-state index contributed by atoms with van der Waals surface area (Å²) in [5, 5.41) is 0.151. The molecule has 0 amide bonds. The summed E-state index contributed by atoms with van der Waals surface area (Å²) in [6.45, 7) is 3.15. The summed E-state index contributed by atoms with van der Waals surface area (Å²) in [6, 6.07) is -0.131. The van der Waals surface area contributed by atoms with Gasteiger partial charge in [0, 0.05) is 36.3 Å². The van der Waals surface area contributed by atoms with Gasteiger partial charge in [-0.25, -0.2) is 0 Å². The second kappa shape index (κ2) is 5.80. The van der Waals surface area contributed by atoms with Crippen LogP contribution in [0.3, 0.4) is 0 Å². The van der Waals surface area contributed by atoms with Gasteiger partial charge < -0.3 is 15.2 Å². The number of hydrogen-bond donors (Lipinski definition) is 1. The molecule has 2 N–H and O–H groups in total. The smallest absolute Gasteiger partial charge is 0.0691 e. The Hall–Kier alpha value is 0.0300. The average molecular weight is 221 g/mol. The molecule has 1 heterocycles. The van der Waals surface area contributed by atoms with Crippen molar-refractivity contribution in [2.45, 2.75) is 30.7 Å². The SMILES string of the molecule is COCC(N)CS(=O)C1CCOC1C. The minimum Gasteiger partial charge on any atom is -0.383 e. The summed E-state index contributed by atoms with van der Waals surface area (Å²) in [5.41, 5.74) is 5.74. The quantitative estimate of drug-likeness (QED) is 0.703. The first-order valence-corrected chi connectivity index (χ1v) is 6.26. The first-order valence-electron chi connectivity index (χ1n) is 4.88. The Morgan fingerprint density at radius 1 is 1.71 bits per heavy atom. The molecule has 0 bridgehead atoms. The summed E-state index contributed by atoms with van der Waals surface area (Å²) in [6.07, 6.45) is 0.985. The van der Waals surface area contributed by atoms with E-state index in [9.17, 15) is 4.21 Å². The molecule has 0 aliphatic carbocycles. The Labute approximate surface area is 87.6 Å². The van der Waals surface area contributed by atoms with E-state index < -0.39 is 10.8 Å². The highest BCUT2D eigenvalue weighted by Crippen LogP contribution is 2.18. The Bertz CT molecular complexity index is 200. The van der Waals surface area contributed by atoms with E-state index in [1.807, 2.05) is 6.92 Å². The predicted octanol–water partition coefficient (Wildman–Crippen LogP) is -0.114. The molecule has 4 unspecified atom stereocenters. The first-order chi connectivity index (χ1) is 6.65. The van der Waals surface area contributed by atoms with Gasteiger partial charge in [0.1, 0.15) is 0 Å². The van der Waals surface area contributed by atoms with Gasteiger partial charge in [0.2, 0.25) is 0 Å². The molecular formula is C9H19NO3S. The molecule has 4 atom stereocenters. The van der Waals surface area contributed by atoms with E-state index in [1.165, 1.54) is 0 Å².